The van der Waals surface area contributed by atoms with E-state index in [4.69, 9.17) is 4.74 Å². The third kappa shape index (κ3) is 3.27. The number of aromatic amines is 1. The molecule has 0 amide bonds. The van der Waals surface area contributed by atoms with Crippen LogP contribution < -0.4 is 4.74 Å². The van der Waals surface area contributed by atoms with Gasteiger partial charge in [0, 0.05) is 30.2 Å². The lowest BCUT2D eigenvalue weighted by Crippen LogP contribution is -2.37. The second-order valence-corrected chi connectivity index (χ2v) is 8.31. The molecular weight excluding hydrogens is 395 g/mol. The van der Waals surface area contributed by atoms with Gasteiger partial charge in [-0.1, -0.05) is 6.07 Å². The molecule has 1 saturated heterocycles. The predicted molar refractivity (Wildman–Crippen MR) is 115 cm³/mol. The van der Waals surface area contributed by atoms with Crippen LogP contribution in [0.5, 0.6) is 5.75 Å². The Bertz CT molecular complexity index is 1250. The fourth-order valence-electron chi connectivity index (χ4n) is 4.73. The lowest BCUT2D eigenvalue weighted by molar-refractivity contribution is 0.158. The molecule has 8 heteroatoms. The maximum Gasteiger partial charge on any atom is 0.136 e. The van der Waals surface area contributed by atoms with Crippen molar-refractivity contribution in [1.29, 1.82) is 0 Å². The number of piperidine rings is 1. The van der Waals surface area contributed by atoms with E-state index in [1.807, 2.05) is 18.3 Å². The Morgan fingerprint density at radius 3 is 3.06 bits per heavy atom. The average Bonchev–Trinajstić information content (AvgIpc) is 3.43. The van der Waals surface area contributed by atoms with Crippen molar-refractivity contribution in [1.82, 2.24) is 29.9 Å². The van der Waals surface area contributed by atoms with E-state index in [0.717, 1.165) is 61.1 Å². The zero-order valence-corrected chi connectivity index (χ0v) is 17.1. The van der Waals surface area contributed by atoms with Gasteiger partial charge in [0.1, 0.15) is 17.3 Å². The molecule has 7 nitrogen and oxygen atoms in total. The highest BCUT2D eigenvalue weighted by Crippen LogP contribution is 2.35. The molecule has 0 spiro atoms. The number of nitrogens with zero attached hydrogens (tertiary/aromatic N) is 5. The molecule has 0 saturated carbocycles. The van der Waals surface area contributed by atoms with Gasteiger partial charge in [0.15, 0.2) is 0 Å². The second kappa shape index (κ2) is 7.46. The summed E-state index contributed by atoms with van der Waals surface area (Å²) in [5, 5.41) is 13.1. The Kier molecular flexibility index (Phi) is 4.45. The van der Waals surface area contributed by atoms with E-state index in [9.17, 15) is 4.39 Å². The summed E-state index contributed by atoms with van der Waals surface area (Å²) in [6, 6.07) is 7.17. The Labute approximate surface area is 178 Å². The highest BCUT2D eigenvalue weighted by Gasteiger charge is 2.23. The number of halogens is 1. The minimum absolute atomic E-state index is 0.345. The van der Waals surface area contributed by atoms with Crippen LogP contribution in [-0.4, -0.2) is 56.1 Å². The molecular formula is C23H23FN6O. The third-order valence-electron chi connectivity index (χ3n) is 6.28. The summed E-state index contributed by atoms with van der Waals surface area (Å²) >= 11 is 0. The quantitative estimate of drug-likeness (QED) is 0.467. The molecule has 31 heavy (non-hydrogen) atoms. The number of nitrogens with one attached hydrogen (secondary N) is 1. The maximum absolute atomic E-state index is 14.9. The van der Waals surface area contributed by atoms with Crippen LogP contribution >= 0.6 is 0 Å². The molecule has 1 N–H and O–H groups in total. The molecule has 2 unspecified atom stereocenters. The van der Waals surface area contributed by atoms with Crippen molar-refractivity contribution in [2.24, 2.45) is 0 Å². The molecule has 6 rings (SSSR count). The largest absolute Gasteiger partial charge is 0.493 e. The maximum atomic E-state index is 14.9. The van der Waals surface area contributed by atoms with Crippen LogP contribution in [0.2, 0.25) is 0 Å². The molecule has 2 aliphatic heterocycles. The van der Waals surface area contributed by atoms with Crippen LogP contribution in [-0.2, 0) is 0 Å². The zero-order chi connectivity index (χ0) is 20.8. The number of fused-ring (bicyclic) bond motifs is 9. The topological polar surface area (TPSA) is 71.9 Å². The molecule has 6 bridgehead atoms. The van der Waals surface area contributed by atoms with Crippen LogP contribution in [0.3, 0.4) is 0 Å². The minimum Gasteiger partial charge on any atom is -0.493 e. The van der Waals surface area contributed by atoms with Crippen LogP contribution in [0.25, 0.3) is 33.4 Å². The van der Waals surface area contributed by atoms with Crippen molar-refractivity contribution in [2.75, 3.05) is 26.2 Å². The van der Waals surface area contributed by atoms with Crippen molar-refractivity contribution in [3.8, 4) is 28.3 Å². The van der Waals surface area contributed by atoms with E-state index in [-0.39, 0.29) is 5.82 Å². The number of hydrogen-bond donors (Lipinski definition) is 1. The first kappa shape index (κ1) is 18.5. The molecule has 0 radical (unpaired) electrons. The van der Waals surface area contributed by atoms with E-state index in [0.29, 0.717) is 29.7 Å². The van der Waals surface area contributed by atoms with Crippen molar-refractivity contribution in [2.45, 2.75) is 25.3 Å². The lowest BCUT2D eigenvalue weighted by Gasteiger charge is -2.32. The molecule has 2 aliphatic rings. The number of aromatic nitrogens is 5. The molecule has 1 fully saturated rings. The fraction of sp³-hybridized carbons (Fsp3) is 0.348. The highest BCUT2D eigenvalue weighted by atomic mass is 19.1. The van der Waals surface area contributed by atoms with E-state index < -0.39 is 0 Å². The van der Waals surface area contributed by atoms with E-state index >= 15 is 0 Å². The van der Waals surface area contributed by atoms with Gasteiger partial charge < -0.3 is 9.64 Å². The molecule has 158 valence electrons. The number of ether oxygens (including phenoxy) is 1. The van der Waals surface area contributed by atoms with Crippen molar-refractivity contribution < 1.29 is 9.13 Å². The highest BCUT2D eigenvalue weighted by molar-refractivity contribution is 5.94. The van der Waals surface area contributed by atoms with Gasteiger partial charge in [0.05, 0.1) is 41.8 Å². The summed E-state index contributed by atoms with van der Waals surface area (Å²) in [5.74, 6) is 0.176. The second-order valence-electron chi connectivity index (χ2n) is 8.31. The summed E-state index contributed by atoms with van der Waals surface area (Å²) in [7, 11) is 0. The summed E-state index contributed by atoms with van der Waals surface area (Å²) in [6.45, 7) is 3.54. The number of rotatable bonds is 0. The first-order valence-electron chi connectivity index (χ1n) is 10.8. The van der Waals surface area contributed by atoms with Gasteiger partial charge in [0.25, 0.3) is 0 Å². The molecule has 0 aliphatic carbocycles. The summed E-state index contributed by atoms with van der Waals surface area (Å²) in [5.41, 5.74) is 3.46. The smallest absolute Gasteiger partial charge is 0.136 e. The van der Waals surface area contributed by atoms with Gasteiger partial charge in [-0.05, 0) is 44.0 Å². The average molecular weight is 418 g/mol. The number of pyridine rings is 1. The normalized spacial score (nSPS) is 21.1. The summed E-state index contributed by atoms with van der Waals surface area (Å²) in [4.78, 5) is 6.96. The molecule has 4 aromatic rings. The van der Waals surface area contributed by atoms with Gasteiger partial charge in [-0.3, -0.25) is 14.8 Å². The van der Waals surface area contributed by atoms with Crippen LogP contribution in [0.15, 0.2) is 42.9 Å². The minimum atomic E-state index is -0.345. The Hall–Kier alpha value is -3.26. The van der Waals surface area contributed by atoms with Gasteiger partial charge >= 0.3 is 0 Å². The van der Waals surface area contributed by atoms with E-state index in [2.05, 4.69) is 36.1 Å². The third-order valence-corrected chi connectivity index (χ3v) is 6.28. The summed E-state index contributed by atoms with van der Waals surface area (Å²) in [6.07, 6.45) is 8.79. The van der Waals surface area contributed by atoms with Crippen LogP contribution in [0.4, 0.5) is 4.39 Å². The first-order valence-corrected chi connectivity index (χ1v) is 10.8. The fourth-order valence-corrected chi connectivity index (χ4v) is 4.73. The first-order chi connectivity index (χ1) is 15.3. The van der Waals surface area contributed by atoms with Crippen LogP contribution in [0, 0.1) is 5.82 Å². The SMILES string of the molecule is Fc1cccc2c1-c1cc3c(n[nH]c3cn1)-c1cnn(c1)C1CCCN(CCCO2)C1. The van der Waals surface area contributed by atoms with Crippen molar-refractivity contribution in [3.63, 3.8) is 0 Å². The number of hydrogen-bond acceptors (Lipinski definition) is 5. The van der Waals surface area contributed by atoms with Crippen LogP contribution in [0.1, 0.15) is 25.3 Å². The zero-order valence-electron chi connectivity index (χ0n) is 17.1. The summed E-state index contributed by atoms with van der Waals surface area (Å²) < 4.78 is 23.0. The van der Waals surface area contributed by atoms with Gasteiger partial charge in [-0.25, -0.2) is 4.39 Å². The van der Waals surface area contributed by atoms with Gasteiger partial charge in [-0.2, -0.15) is 10.2 Å². The number of H-pyrrole nitrogens is 1. The Balaban J connectivity index is 1.51. The Morgan fingerprint density at radius 2 is 2.10 bits per heavy atom. The monoisotopic (exact) mass is 418 g/mol. The van der Waals surface area contributed by atoms with E-state index in [1.54, 1.807) is 12.3 Å². The van der Waals surface area contributed by atoms with Crippen molar-refractivity contribution in [3.05, 3.63) is 48.7 Å². The molecule has 3 aromatic heterocycles. The number of benzene rings is 1. The Morgan fingerprint density at radius 1 is 1.16 bits per heavy atom. The molecule has 5 heterocycles. The predicted octanol–water partition coefficient (Wildman–Crippen LogP) is 4.05. The van der Waals surface area contributed by atoms with Gasteiger partial charge in [0.2, 0.25) is 0 Å². The van der Waals surface area contributed by atoms with Gasteiger partial charge in [-0.15, -0.1) is 0 Å². The lowest BCUT2D eigenvalue weighted by atomic mass is 10.0. The standard InChI is InChI=1S/C23H23FN6O/c24-18-5-1-6-21-22(18)19-10-17-20(12-25-19)27-28-23(17)15-11-26-30(13-15)16-4-2-7-29(14-16)8-3-9-31-21/h1,5-6,10-13,16H,2-4,7-9,14H2,(H,27,28). The molecule has 2 atom stereocenters. The molecule has 1 aromatic carbocycles. The van der Waals surface area contributed by atoms with Crippen molar-refractivity contribution >= 4 is 10.9 Å². The van der Waals surface area contributed by atoms with E-state index in [1.165, 1.54) is 6.07 Å².